The van der Waals surface area contributed by atoms with Gasteiger partial charge in [0.1, 0.15) is 11.6 Å². The van der Waals surface area contributed by atoms with E-state index in [0.717, 1.165) is 25.8 Å². The van der Waals surface area contributed by atoms with Crippen molar-refractivity contribution in [3.63, 3.8) is 0 Å². The first kappa shape index (κ1) is 16.4. The lowest BCUT2D eigenvalue weighted by Crippen LogP contribution is -2.21. The Morgan fingerprint density at radius 3 is 2.78 bits per heavy atom. The SMILES string of the molecule is CCCCCNc1nc(N)ccc1-c1cnnnc1NC(N)=O. The van der Waals surface area contributed by atoms with E-state index >= 15 is 0 Å². The van der Waals surface area contributed by atoms with Crippen LogP contribution in [-0.4, -0.2) is 33.0 Å². The molecule has 122 valence electrons. The molecule has 0 aliphatic rings. The van der Waals surface area contributed by atoms with Crippen molar-refractivity contribution in [3.05, 3.63) is 18.3 Å². The first-order chi connectivity index (χ1) is 11.1. The maximum Gasteiger partial charge on any atom is 0.317 e. The molecule has 0 saturated carbocycles. The highest BCUT2D eigenvalue weighted by Gasteiger charge is 2.14. The van der Waals surface area contributed by atoms with Crippen molar-refractivity contribution in [2.24, 2.45) is 5.73 Å². The number of aromatic nitrogens is 4. The van der Waals surface area contributed by atoms with Gasteiger partial charge >= 0.3 is 6.03 Å². The maximum atomic E-state index is 11.1. The minimum atomic E-state index is -0.729. The van der Waals surface area contributed by atoms with Gasteiger partial charge in [-0.15, -0.1) is 10.2 Å². The van der Waals surface area contributed by atoms with E-state index < -0.39 is 6.03 Å². The van der Waals surface area contributed by atoms with Crippen LogP contribution in [0.15, 0.2) is 18.3 Å². The highest BCUT2D eigenvalue weighted by atomic mass is 16.2. The van der Waals surface area contributed by atoms with Gasteiger partial charge in [0, 0.05) is 12.1 Å². The van der Waals surface area contributed by atoms with Crippen molar-refractivity contribution < 1.29 is 4.79 Å². The molecular weight excluding hydrogens is 296 g/mol. The Bertz CT molecular complexity index is 676. The lowest BCUT2D eigenvalue weighted by molar-refractivity contribution is 0.259. The molecule has 2 amide bonds. The first-order valence-corrected chi connectivity index (χ1v) is 7.37. The fourth-order valence-corrected chi connectivity index (χ4v) is 2.08. The number of nitrogens with one attached hydrogen (secondary N) is 2. The molecule has 0 atom stereocenters. The first-order valence-electron chi connectivity index (χ1n) is 7.37. The molecule has 0 aliphatic carbocycles. The normalized spacial score (nSPS) is 10.3. The summed E-state index contributed by atoms with van der Waals surface area (Å²) in [5.41, 5.74) is 12.2. The van der Waals surface area contributed by atoms with E-state index in [1.165, 1.54) is 6.20 Å². The van der Waals surface area contributed by atoms with Gasteiger partial charge in [0.15, 0.2) is 5.82 Å². The van der Waals surface area contributed by atoms with Gasteiger partial charge in [0.25, 0.3) is 0 Å². The second-order valence-electron chi connectivity index (χ2n) is 4.95. The lowest BCUT2D eigenvalue weighted by Gasteiger charge is -2.13. The number of primary amides is 1. The zero-order valence-electron chi connectivity index (χ0n) is 12.9. The number of urea groups is 1. The molecule has 2 aromatic heterocycles. The smallest absolute Gasteiger partial charge is 0.317 e. The molecule has 0 aromatic carbocycles. The molecule has 0 aliphatic heterocycles. The van der Waals surface area contributed by atoms with E-state index in [1.807, 2.05) is 0 Å². The van der Waals surface area contributed by atoms with Crippen molar-refractivity contribution >= 4 is 23.5 Å². The Morgan fingerprint density at radius 1 is 1.22 bits per heavy atom. The number of amides is 2. The molecule has 23 heavy (non-hydrogen) atoms. The molecule has 9 heteroatoms. The van der Waals surface area contributed by atoms with Crippen LogP contribution in [0.1, 0.15) is 26.2 Å². The minimum absolute atomic E-state index is 0.218. The zero-order valence-corrected chi connectivity index (χ0v) is 12.9. The van der Waals surface area contributed by atoms with Gasteiger partial charge in [-0.1, -0.05) is 19.8 Å². The van der Waals surface area contributed by atoms with E-state index in [-0.39, 0.29) is 5.82 Å². The number of carbonyl (C=O) groups is 1. The molecule has 2 heterocycles. The molecule has 0 radical (unpaired) electrons. The van der Waals surface area contributed by atoms with Gasteiger partial charge in [0.2, 0.25) is 0 Å². The van der Waals surface area contributed by atoms with Gasteiger partial charge in [0.05, 0.1) is 11.8 Å². The number of hydrogen-bond acceptors (Lipinski definition) is 7. The fraction of sp³-hybridized carbons (Fsp3) is 0.357. The number of nitrogens with zero attached hydrogens (tertiary/aromatic N) is 4. The number of anilines is 3. The highest BCUT2D eigenvalue weighted by molar-refractivity contribution is 5.93. The molecule has 0 saturated heterocycles. The van der Waals surface area contributed by atoms with Crippen molar-refractivity contribution in [2.45, 2.75) is 26.2 Å². The molecule has 2 rings (SSSR count). The van der Waals surface area contributed by atoms with E-state index in [1.54, 1.807) is 12.1 Å². The van der Waals surface area contributed by atoms with Gasteiger partial charge in [-0.3, -0.25) is 5.32 Å². The summed E-state index contributed by atoms with van der Waals surface area (Å²) in [4.78, 5) is 15.4. The van der Waals surface area contributed by atoms with Crippen LogP contribution in [0.4, 0.5) is 22.2 Å². The van der Waals surface area contributed by atoms with Crippen molar-refractivity contribution in [3.8, 4) is 11.1 Å². The van der Waals surface area contributed by atoms with Gasteiger partial charge < -0.3 is 16.8 Å². The predicted octanol–water partition coefficient (Wildman–Crippen LogP) is 1.61. The summed E-state index contributed by atoms with van der Waals surface area (Å²) in [6.07, 6.45) is 4.76. The monoisotopic (exact) mass is 316 g/mol. The Morgan fingerprint density at radius 2 is 2.04 bits per heavy atom. The molecule has 0 fully saturated rings. The summed E-state index contributed by atoms with van der Waals surface area (Å²) in [6, 6.07) is 2.73. The number of pyridine rings is 1. The molecule has 0 spiro atoms. The Balaban J connectivity index is 2.33. The van der Waals surface area contributed by atoms with E-state index in [9.17, 15) is 4.79 Å². The highest BCUT2D eigenvalue weighted by Crippen LogP contribution is 2.31. The van der Waals surface area contributed by atoms with Crippen molar-refractivity contribution in [2.75, 3.05) is 22.9 Å². The topological polar surface area (TPSA) is 145 Å². The summed E-state index contributed by atoms with van der Waals surface area (Å²) in [6.45, 7) is 2.90. The zero-order chi connectivity index (χ0) is 16.7. The molecule has 0 unspecified atom stereocenters. The number of carbonyl (C=O) groups excluding carboxylic acids is 1. The molecule has 9 nitrogen and oxygen atoms in total. The summed E-state index contributed by atoms with van der Waals surface area (Å²) in [5, 5.41) is 16.8. The van der Waals surface area contributed by atoms with E-state index in [0.29, 0.717) is 22.8 Å². The summed E-state index contributed by atoms with van der Waals surface area (Å²) in [7, 11) is 0. The number of nitrogens with two attached hydrogens (primary N) is 2. The van der Waals surface area contributed by atoms with E-state index in [4.69, 9.17) is 11.5 Å². The third-order valence-corrected chi connectivity index (χ3v) is 3.16. The summed E-state index contributed by atoms with van der Waals surface area (Å²) >= 11 is 0. The Kier molecular flexibility index (Phi) is 5.61. The standard InChI is InChI=1S/C14H20N8O/c1-2-3-4-7-17-12-9(5-6-11(15)19-12)10-8-18-22-21-13(10)20-14(16)23/h5-6,8H,2-4,7H2,1H3,(H3,15,17,19)(H3,16,18,20,21,23). The minimum Gasteiger partial charge on any atom is -0.384 e. The van der Waals surface area contributed by atoms with Crippen molar-refractivity contribution in [1.29, 1.82) is 0 Å². The van der Waals surface area contributed by atoms with Crippen molar-refractivity contribution in [1.82, 2.24) is 20.4 Å². The largest absolute Gasteiger partial charge is 0.384 e. The quantitative estimate of drug-likeness (QED) is 0.568. The van der Waals surface area contributed by atoms with Crippen LogP contribution in [0.2, 0.25) is 0 Å². The predicted molar refractivity (Wildman–Crippen MR) is 88.7 cm³/mol. The summed E-state index contributed by atoms with van der Waals surface area (Å²) in [5.74, 6) is 1.21. The number of rotatable bonds is 7. The summed E-state index contributed by atoms with van der Waals surface area (Å²) < 4.78 is 0. The third-order valence-electron chi connectivity index (χ3n) is 3.16. The average Bonchev–Trinajstić information content (AvgIpc) is 2.52. The Hall–Kier alpha value is -2.97. The second kappa shape index (κ2) is 7.87. The van der Waals surface area contributed by atoms with Crippen LogP contribution in [0.3, 0.4) is 0 Å². The number of unbranched alkanes of at least 4 members (excludes halogenated alkanes) is 2. The second-order valence-corrected chi connectivity index (χ2v) is 4.95. The van der Waals surface area contributed by atoms with Crippen LogP contribution in [0, 0.1) is 0 Å². The lowest BCUT2D eigenvalue weighted by atomic mass is 10.1. The fourth-order valence-electron chi connectivity index (χ4n) is 2.08. The van der Waals surface area contributed by atoms with Crippen LogP contribution in [0.5, 0.6) is 0 Å². The molecule has 0 bridgehead atoms. The van der Waals surface area contributed by atoms with Gasteiger partial charge in [-0.2, -0.15) is 0 Å². The maximum absolute atomic E-state index is 11.1. The van der Waals surface area contributed by atoms with Gasteiger partial charge in [-0.05, 0) is 23.8 Å². The van der Waals surface area contributed by atoms with Crippen LogP contribution in [0.25, 0.3) is 11.1 Å². The van der Waals surface area contributed by atoms with Crippen LogP contribution >= 0.6 is 0 Å². The molecule has 6 N–H and O–H groups in total. The van der Waals surface area contributed by atoms with Crippen LogP contribution < -0.4 is 22.1 Å². The average molecular weight is 316 g/mol. The van der Waals surface area contributed by atoms with Gasteiger partial charge in [-0.25, -0.2) is 9.78 Å². The number of nitrogen functional groups attached to an aromatic ring is 1. The third kappa shape index (κ3) is 4.50. The number of hydrogen-bond donors (Lipinski definition) is 4. The Labute approximate surface area is 133 Å². The molecular formula is C14H20N8O. The molecule has 2 aromatic rings. The van der Waals surface area contributed by atoms with E-state index in [2.05, 4.69) is 38.0 Å². The van der Waals surface area contributed by atoms with Crippen LogP contribution in [-0.2, 0) is 0 Å².